The van der Waals surface area contributed by atoms with Gasteiger partial charge in [-0.2, -0.15) is 13.2 Å². The van der Waals surface area contributed by atoms with Crippen molar-refractivity contribution in [2.75, 3.05) is 46.1 Å². The van der Waals surface area contributed by atoms with Crippen molar-refractivity contribution in [1.29, 1.82) is 0 Å². The summed E-state index contributed by atoms with van der Waals surface area (Å²) in [4.78, 5) is 0. The minimum Gasteiger partial charge on any atom is -0.376 e. The van der Waals surface area contributed by atoms with E-state index < -0.39 is 12.8 Å². The number of halogens is 3. The van der Waals surface area contributed by atoms with Crippen molar-refractivity contribution in [3.63, 3.8) is 0 Å². The van der Waals surface area contributed by atoms with Gasteiger partial charge in [-0.05, 0) is 0 Å². The van der Waals surface area contributed by atoms with E-state index in [4.69, 9.17) is 9.47 Å². The van der Waals surface area contributed by atoms with Crippen LogP contribution in [0.1, 0.15) is 0 Å². The molecular weight excluding hydrogens is 227 g/mol. The number of ether oxygens (including phenoxy) is 3. The normalized spacial score (nSPS) is 22.3. The fourth-order valence-electron chi connectivity index (χ4n) is 1.25. The van der Waals surface area contributed by atoms with E-state index in [1.165, 1.54) is 0 Å². The molecule has 0 radical (unpaired) electrons. The van der Waals surface area contributed by atoms with Crippen molar-refractivity contribution in [2.24, 2.45) is 0 Å². The molecule has 1 atom stereocenters. The number of rotatable bonds is 6. The van der Waals surface area contributed by atoms with E-state index in [0.29, 0.717) is 19.8 Å². The van der Waals surface area contributed by atoms with Gasteiger partial charge >= 0.3 is 6.18 Å². The van der Waals surface area contributed by atoms with Crippen LogP contribution in [0.4, 0.5) is 13.2 Å². The first kappa shape index (κ1) is 13.7. The Kier molecular flexibility index (Phi) is 6.04. The van der Waals surface area contributed by atoms with Gasteiger partial charge in [0.15, 0.2) is 0 Å². The van der Waals surface area contributed by atoms with Gasteiger partial charge in [-0.1, -0.05) is 0 Å². The molecule has 0 aliphatic carbocycles. The molecule has 1 heterocycles. The van der Waals surface area contributed by atoms with Crippen molar-refractivity contribution in [3.8, 4) is 0 Å². The summed E-state index contributed by atoms with van der Waals surface area (Å²) < 4.78 is 49.8. The number of morpholine rings is 1. The molecule has 0 amide bonds. The van der Waals surface area contributed by atoms with Gasteiger partial charge in [0, 0.05) is 13.1 Å². The van der Waals surface area contributed by atoms with Crippen LogP contribution in [-0.4, -0.2) is 58.4 Å². The van der Waals surface area contributed by atoms with Crippen LogP contribution in [0, 0.1) is 0 Å². The molecule has 0 spiro atoms. The summed E-state index contributed by atoms with van der Waals surface area (Å²) in [5.74, 6) is 0. The van der Waals surface area contributed by atoms with Crippen LogP contribution in [0.25, 0.3) is 0 Å². The van der Waals surface area contributed by atoms with Gasteiger partial charge in [-0.25, -0.2) is 0 Å². The zero-order valence-electron chi connectivity index (χ0n) is 8.89. The minimum atomic E-state index is -4.27. The molecular formula is C9H16F3NO3. The zero-order valence-corrected chi connectivity index (χ0v) is 8.89. The summed E-state index contributed by atoms with van der Waals surface area (Å²) in [6.45, 7) is 1.42. The topological polar surface area (TPSA) is 39.7 Å². The predicted molar refractivity (Wildman–Crippen MR) is 50.3 cm³/mol. The molecule has 0 aromatic carbocycles. The first-order valence-electron chi connectivity index (χ1n) is 5.12. The highest BCUT2D eigenvalue weighted by Gasteiger charge is 2.27. The van der Waals surface area contributed by atoms with E-state index >= 15 is 0 Å². The number of hydrogen-bond acceptors (Lipinski definition) is 4. The van der Waals surface area contributed by atoms with Gasteiger partial charge in [0.25, 0.3) is 0 Å². The van der Waals surface area contributed by atoms with Gasteiger partial charge < -0.3 is 19.5 Å². The molecule has 7 heteroatoms. The van der Waals surface area contributed by atoms with E-state index in [1.54, 1.807) is 0 Å². The highest BCUT2D eigenvalue weighted by Crippen LogP contribution is 2.14. The van der Waals surface area contributed by atoms with Crippen LogP contribution in [0.15, 0.2) is 0 Å². The summed E-state index contributed by atoms with van der Waals surface area (Å²) in [5, 5.41) is 3.12. The molecule has 0 bridgehead atoms. The van der Waals surface area contributed by atoms with Crippen LogP contribution >= 0.6 is 0 Å². The molecule has 1 aliphatic heterocycles. The number of alkyl halides is 3. The lowest BCUT2D eigenvalue weighted by molar-refractivity contribution is -0.177. The van der Waals surface area contributed by atoms with Crippen LogP contribution in [0.3, 0.4) is 0 Å². The Labute approximate surface area is 92.0 Å². The van der Waals surface area contributed by atoms with Gasteiger partial charge in [-0.3, -0.25) is 0 Å². The lowest BCUT2D eigenvalue weighted by Crippen LogP contribution is -2.41. The van der Waals surface area contributed by atoms with Crippen molar-refractivity contribution >= 4 is 0 Å². The molecule has 1 unspecified atom stereocenters. The second kappa shape index (κ2) is 7.05. The van der Waals surface area contributed by atoms with Crippen molar-refractivity contribution in [3.05, 3.63) is 0 Å². The van der Waals surface area contributed by atoms with Crippen LogP contribution in [0.2, 0.25) is 0 Å². The summed E-state index contributed by atoms with van der Waals surface area (Å²) >= 11 is 0. The Morgan fingerprint density at radius 3 is 2.62 bits per heavy atom. The fraction of sp³-hybridized carbons (Fsp3) is 1.00. The lowest BCUT2D eigenvalue weighted by Gasteiger charge is -2.23. The van der Waals surface area contributed by atoms with E-state index in [-0.39, 0.29) is 19.3 Å². The molecule has 1 aliphatic rings. The first-order chi connectivity index (χ1) is 7.58. The maximum Gasteiger partial charge on any atom is 0.411 e. The Balaban J connectivity index is 1.87. The monoisotopic (exact) mass is 243 g/mol. The number of nitrogens with one attached hydrogen (secondary N) is 1. The predicted octanol–water partition coefficient (Wildman–Crippen LogP) is 0.570. The van der Waals surface area contributed by atoms with Crippen molar-refractivity contribution in [1.82, 2.24) is 5.32 Å². The summed E-state index contributed by atoms with van der Waals surface area (Å²) in [5.41, 5.74) is 0. The first-order valence-corrected chi connectivity index (χ1v) is 5.12. The second-order valence-electron chi connectivity index (χ2n) is 3.44. The Hall–Kier alpha value is -0.370. The third kappa shape index (κ3) is 7.00. The standard InChI is InChI=1S/C9H16F3NO3/c10-9(11,12)7-15-4-3-14-6-8-5-13-1-2-16-8/h8,13H,1-7H2. The third-order valence-electron chi connectivity index (χ3n) is 1.95. The van der Waals surface area contributed by atoms with E-state index in [0.717, 1.165) is 6.54 Å². The highest BCUT2D eigenvalue weighted by molar-refractivity contribution is 4.65. The Morgan fingerprint density at radius 2 is 2.00 bits per heavy atom. The molecule has 96 valence electrons. The molecule has 4 nitrogen and oxygen atoms in total. The quantitative estimate of drug-likeness (QED) is 0.692. The molecule has 0 saturated carbocycles. The molecule has 1 fully saturated rings. The Bertz CT molecular complexity index is 183. The van der Waals surface area contributed by atoms with Crippen molar-refractivity contribution in [2.45, 2.75) is 12.3 Å². The van der Waals surface area contributed by atoms with Gasteiger partial charge in [0.05, 0.1) is 32.5 Å². The van der Waals surface area contributed by atoms with Crippen LogP contribution in [0.5, 0.6) is 0 Å². The highest BCUT2D eigenvalue weighted by atomic mass is 19.4. The average molecular weight is 243 g/mol. The van der Waals surface area contributed by atoms with E-state index in [9.17, 15) is 13.2 Å². The second-order valence-corrected chi connectivity index (χ2v) is 3.44. The minimum absolute atomic E-state index is 0.0173. The third-order valence-corrected chi connectivity index (χ3v) is 1.95. The van der Waals surface area contributed by atoms with E-state index in [1.807, 2.05) is 0 Å². The van der Waals surface area contributed by atoms with Crippen LogP contribution < -0.4 is 5.32 Å². The molecule has 1 N–H and O–H groups in total. The zero-order chi connectivity index (χ0) is 11.9. The van der Waals surface area contributed by atoms with E-state index in [2.05, 4.69) is 10.1 Å². The average Bonchev–Trinajstić information content (AvgIpc) is 2.23. The molecule has 1 saturated heterocycles. The van der Waals surface area contributed by atoms with Gasteiger partial charge in [-0.15, -0.1) is 0 Å². The van der Waals surface area contributed by atoms with Crippen LogP contribution in [-0.2, 0) is 14.2 Å². The maximum absolute atomic E-state index is 11.7. The molecule has 0 aromatic heterocycles. The summed E-state index contributed by atoms with van der Waals surface area (Å²) in [6.07, 6.45) is -4.28. The lowest BCUT2D eigenvalue weighted by atomic mass is 10.3. The SMILES string of the molecule is FC(F)(F)COCCOCC1CNCCO1. The van der Waals surface area contributed by atoms with Gasteiger partial charge in [0.2, 0.25) is 0 Å². The fourth-order valence-corrected chi connectivity index (χ4v) is 1.25. The van der Waals surface area contributed by atoms with Crippen molar-refractivity contribution < 1.29 is 27.4 Å². The Morgan fingerprint density at radius 1 is 1.25 bits per heavy atom. The number of hydrogen-bond donors (Lipinski definition) is 1. The maximum atomic E-state index is 11.7. The molecule has 16 heavy (non-hydrogen) atoms. The largest absolute Gasteiger partial charge is 0.411 e. The smallest absolute Gasteiger partial charge is 0.376 e. The summed E-state index contributed by atoms with van der Waals surface area (Å²) in [6, 6.07) is 0. The molecule has 1 rings (SSSR count). The van der Waals surface area contributed by atoms with Gasteiger partial charge in [0.1, 0.15) is 6.61 Å². The molecule has 0 aromatic rings. The summed E-state index contributed by atoms with van der Waals surface area (Å²) in [7, 11) is 0.